The van der Waals surface area contributed by atoms with Gasteiger partial charge in [-0.25, -0.2) is 0 Å². The summed E-state index contributed by atoms with van der Waals surface area (Å²) in [5, 5.41) is 16.7. The first kappa shape index (κ1) is 13.3. The maximum Gasteiger partial charge on any atom is 0.0924 e. The second-order valence-electron chi connectivity index (χ2n) is 5.55. The van der Waals surface area contributed by atoms with Crippen LogP contribution in [-0.4, -0.2) is 39.9 Å². The van der Waals surface area contributed by atoms with Gasteiger partial charge in [0.15, 0.2) is 0 Å². The zero-order valence-corrected chi connectivity index (χ0v) is 11.6. The predicted octanol–water partition coefficient (Wildman–Crippen LogP) is 2.28. The lowest BCUT2D eigenvalue weighted by Crippen LogP contribution is -2.34. The SMILES string of the molecule is OCC1CCN(Cc2cc(-c3ccccc3)n[nH]2)CC1. The van der Waals surface area contributed by atoms with Gasteiger partial charge in [0.25, 0.3) is 0 Å². The summed E-state index contributed by atoms with van der Waals surface area (Å²) in [6, 6.07) is 12.4. The number of aromatic nitrogens is 2. The van der Waals surface area contributed by atoms with E-state index in [0.29, 0.717) is 12.5 Å². The lowest BCUT2D eigenvalue weighted by atomic mass is 9.98. The van der Waals surface area contributed by atoms with Gasteiger partial charge in [-0.05, 0) is 37.9 Å². The van der Waals surface area contributed by atoms with Crippen molar-refractivity contribution in [2.24, 2.45) is 5.92 Å². The van der Waals surface area contributed by atoms with Crippen molar-refractivity contribution in [1.29, 1.82) is 0 Å². The maximum atomic E-state index is 9.16. The molecule has 2 N–H and O–H groups in total. The molecule has 0 amide bonds. The number of aliphatic hydroxyl groups excluding tert-OH is 1. The van der Waals surface area contributed by atoms with E-state index in [-0.39, 0.29) is 0 Å². The fourth-order valence-corrected chi connectivity index (χ4v) is 2.77. The fraction of sp³-hybridized carbons (Fsp3) is 0.438. The third-order valence-electron chi connectivity index (χ3n) is 4.06. The van der Waals surface area contributed by atoms with Crippen LogP contribution in [0.5, 0.6) is 0 Å². The molecule has 20 heavy (non-hydrogen) atoms. The molecule has 1 saturated heterocycles. The minimum absolute atomic E-state index is 0.329. The predicted molar refractivity (Wildman–Crippen MR) is 79.1 cm³/mol. The topological polar surface area (TPSA) is 52.1 Å². The first-order valence-corrected chi connectivity index (χ1v) is 7.28. The van der Waals surface area contributed by atoms with Gasteiger partial charge in [-0.2, -0.15) is 5.10 Å². The number of H-pyrrole nitrogens is 1. The summed E-state index contributed by atoms with van der Waals surface area (Å²) in [5.41, 5.74) is 3.31. The lowest BCUT2D eigenvalue weighted by molar-refractivity contribution is 0.126. The number of piperidine rings is 1. The van der Waals surface area contributed by atoms with Crippen LogP contribution in [0.2, 0.25) is 0 Å². The van der Waals surface area contributed by atoms with E-state index < -0.39 is 0 Å². The number of rotatable bonds is 4. The second-order valence-corrected chi connectivity index (χ2v) is 5.55. The van der Waals surface area contributed by atoms with Crippen LogP contribution in [0, 0.1) is 5.92 Å². The molecular formula is C16H21N3O. The molecule has 1 fully saturated rings. The molecule has 3 rings (SSSR count). The average molecular weight is 271 g/mol. The Morgan fingerprint density at radius 2 is 1.95 bits per heavy atom. The van der Waals surface area contributed by atoms with Crippen LogP contribution >= 0.6 is 0 Å². The molecule has 0 atom stereocenters. The Balaban J connectivity index is 1.61. The number of aromatic amines is 1. The van der Waals surface area contributed by atoms with Crippen molar-refractivity contribution < 1.29 is 5.11 Å². The molecular weight excluding hydrogens is 250 g/mol. The van der Waals surface area contributed by atoms with Crippen molar-refractivity contribution in [2.75, 3.05) is 19.7 Å². The number of benzene rings is 1. The average Bonchev–Trinajstić information content (AvgIpc) is 2.97. The highest BCUT2D eigenvalue weighted by Crippen LogP contribution is 2.20. The number of aliphatic hydroxyl groups is 1. The summed E-state index contributed by atoms with van der Waals surface area (Å²) in [4.78, 5) is 2.43. The lowest BCUT2D eigenvalue weighted by Gasteiger charge is -2.30. The highest BCUT2D eigenvalue weighted by atomic mass is 16.3. The molecule has 0 radical (unpaired) electrons. The Morgan fingerprint density at radius 3 is 2.65 bits per heavy atom. The van der Waals surface area contributed by atoms with E-state index in [0.717, 1.165) is 49.4 Å². The number of hydrogen-bond acceptors (Lipinski definition) is 3. The van der Waals surface area contributed by atoms with Crippen molar-refractivity contribution in [3.63, 3.8) is 0 Å². The van der Waals surface area contributed by atoms with E-state index >= 15 is 0 Å². The minimum atomic E-state index is 0.329. The molecule has 1 aliphatic heterocycles. The molecule has 0 spiro atoms. The maximum absolute atomic E-state index is 9.16. The standard InChI is InChI=1S/C16H21N3O/c20-12-13-6-8-19(9-7-13)11-15-10-16(18-17-15)14-4-2-1-3-5-14/h1-5,10,13,20H,6-9,11-12H2,(H,17,18). The van der Waals surface area contributed by atoms with E-state index in [1.807, 2.05) is 18.2 Å². The van der Waals surface area contributed by atoms with Crippen LogP contribution in [-0.2, 0) is 6.54 Å². The first-order valence-electron chi connectivity index (χ1n) is 7.28. The molecule has 2 aromatic rings. The molecule has 1 aromatic carbocycles. The molecule has 106 valence electrons. The Hall–Kier alpha value is -1.65. The van der Waals surface area contributed by atoms with Gasteiger partial charge < -0.3 is 5.11 Å². The summed E-state index contributed by atoms with van der Waals surface area (Å²) in [7, 11) is 0. The summed E-state index contributed by atoms with van der Waals surface area (Å²) < 4.78 is 0. The normalized spacial score (nSPS) is 17.4. The van der Waals surface area contributed by atoms with E-state index in [4.69, 9.17) is 5.11 Å². The fourth-order valence-electron chi connectivity index (χ4n) is 2.77. The van der Waals surface area contributed by atoms with Crippen LogP contribution in [0.1, 0.15) is 18.5 Å². The highest BCUT2D eigenvalue weighted by Gasteiger charge is 2.19. The minimum Gasteiger partial charge on any atom is -0.396 e. The van der Waals surface area contributed by atoms with Gasteiger partial charge in [0.05, 0.1) is 5.69 Å². The Kier molecular flexibility index (Phi) is 4.14. The molecule has 4 nitrogen and oxygen atoms in total. The van der Waals surface area contributed by atoms with Gasteiger partial charge in [0, 0.05) is 24.4 Å². The molecule has 0 aliphatic carbocycles. The number of hydrogen-bond donors (Lipinski definition) is 2. The van der Waals surface area contributed by atoms with Crippen molar-refractivity contribution in [3.8, 4) is 11.3 Å². The Bertz CT molecular complexity index is 530. The van der Waals surface area contributed by atoms with Gasteiger partial charge >= 0.3 is 0 Å². The van der Waals surface area contributed by atoms with Crippen molar-refractivity contribution in [2.45, 2.75) is 19.4 Å². The zero-order chi connectivity index (χ0) is 13.8. The Morgan fingerprint density at radius 1 is 1.20 bits per heavy atom. The summed E-state index contributed by atoms with van der Waals surface area (Å²) in [5.74, 6) is 0.493. The van der Waals surface area contributed by atoms with E-state index in [1.54, 1.807) is 0 Å². The van der Waals surface area contributed by atoms with E-state index in [2.05, 4.69) is 33.3 Å². The van der Waals surface area contributed by atoms with Crippen LogP contribution in [0.3, 0.4) is 0 Å². The quantitative estimate of drug-likeness (QED) is 0.897. The first-order chi connectivity index (χ1) is 9.85. The van der Waals surface area contributed by atoms with Crippen LogP contribution in [0.15, 0.2) is 36.4 Å². The van der Waals surface area contributed by atoms with Crippen molar-refractivity contribution in [3.05, 3.63) is 42.1 Å². The van der Waals surface area contributed by atoms with Gasteiger partial charge in [0.2, 0.25) is 0 Å². The molecule has 4 heteroatoms. The zero-order valence-electron chi connectivity index (χ0n) is 11.6. The molecule has 1 aromatic heterocycles. The second kappa shape index (κ2) is 6.20. The molecule has 0 saturated carbocycles. The molecule has 2 heterocycles. The van der Waals surface area contributed by atoms with Crippen LogP contribution < -0.4 is 0 Å². The van der Waals surface area contributed by atoms with Crippen LogP contribution in [0.4, 0.5) is 0 Å². The molecule has 0 bridgehead atoms. The monoisotopic (exact) mass is 271 g/mol. The van der Waals surface area contributed by atoms with E-state index in [1.165, 1.54) is 0 Å². The largest absolute Gasteiger partial charge is 0.396 e. The number of nitrogens with one attached hydrogen (secondary N) is 1. The third kappa shape index (κ3) is 3.08. The smallest absolute Gasteiger partial charge is 0.0924 e. The summed E-state index contributed by atoms with van der Waals surface area (Å²) in [6.07, 6.45) is 2.19. The van der Waals surface area contributed by atoms with Gasteiger partial charge in [-0.1, -0.05) is 30.3 Å². The highest BCUT2D eigenvalue weighted by molar-refractivity contribution is 5.58. The summed E-state index contributed by atoms with van der Waals surface area (Å²) >= 11 is 0. The van der Waals surface area contributed by atoms with Crippen LogP contribution in [0.25, 0.3) is 11.3 Å². The van der Waals surface area contributed by atoms with Gasteiger partial charge in [-0.3, -0.25) is 10.00 Å². The molecule has 1 aliphatic rings. The van der Waals surface area contributed by atoms with Crippen molar-refractivity contribution >= 4 is 0 Å². The summed E-state index contributed by atoms with van der Waals surface area (Å²) in [6.45, 7) is 3.36. The van der Waals surface area contributed by atoms with Gasteiger partial charge in [0.1, 0.15) is 0 Å². The number of likely N-dealkylation sites (tertiary alicyclic amines) is 1. The van der Waals surface area contributed by atoms with E-state index in [9.17, 15) is 0 Å². The number of nitrogens with zero attached hydrogens (tertiary/aromatic N) is 2. The molecule has 0 unspecified atom stereocenters. The third-order valence-corrected chi connectivity index (χ3v) is 4.06. The Labute approximate surface area is 119 Å². The van der Waals surface area contributed by atoms with Crippen molar-refractivity contribution in [1.82, 2.24) is 15.1 Å². The van der Waals surface area contributed by atoms with Gasteiger partial charge in [-0.15, -0.1) is 0 Å².